The van der Waals surface area contributed by atoms with Crippen LogP contribution in [-0.4, -0.2) is 17.4 Å². The average molecular weight is 472 g/mol. The predicted molar refractivity (Wildman–Crippen MR) is 113 cm³/mol. The SMILES string of the molecule is CCCCCNC(=NCc1ccc([N+](=O)[O-])cc1)NCc1ccco1.I. The molecule has 26 heavy (non-hydrogen) atoms. The lowest BCUT2D eigenvalue weighted by Crippen LogP contribution is -2.37. The van der Waals surface area contributed by atoms with Gasteiger partial charge in [-0.05, 0) is 24.1 Å². The molecule has 0 aliphatic heterocycles. The lowest BCUT2D eigenvalue weighted by atomic mass is 10.2. The molecule has 0 bridgehead atoms. The topological polar surface area (TPSA) is 92.7 Å². The molecule has 0 radical (unpaired) electrons. The normalized spacial score (nSPS) is 10.9. The fourth-order valence-electron chi connectivity index (χ4n) is 2.23. The molecule has 1 aromatic carbocycles. The number of nitrogens with zero attached hydrogens (tertiary/aromatic N) is 2. The Labute approximate surface area is 170 Å². The minimum atomic E-state index is -0.404. The number of nitro groups is 1. The molecule has 7 nitrogen and oxygen atoms in total. The van der Waals surface area contributed by atoms with Crippen LogP contribution < -0.4 is 10.6 Å². The first-order valence-corrected chi connectivity index (χ1v) is 8.47. The number of aliphatic imine (C=N–C) groups is 1. The van der Waals surface area contributed by atoms with E-state index in [-0.39, 0.29) is 29.7 Å². The maximum atomic E-state index is 10.7. The third-order valence-corrected chi connectivity index (χ3v) is 3.65. The van der Waals surface area contributed by atoms with Crippen molar-refractivity contribution in [2.75, 3.05) is 6.54 Å². The summed E-state index contributed by atoms with van der Waals surface area (Å²) in [7, 11) is 0. The second kappa shape index (κ2) is 12.3. The van der Waals surface area contributed by atoms with Crippen molar-refractivity contribution in [1.29, 1.82) is 0 Å². The Morgan fingerprint density at radius 1 is 1.19 bits per heavy atom. The molecule has 0 atom stereocenters. The van der Waals surface area contributed by atoms with E-state index in [1.807, 2.05) is 12.1 Å². The van der Waals surface area contributed by atoms with Crippen LogP contribution in [-0.2, 0) is 13.1 Å². The van der Waals surface area contributed by atoms with Gasteiger partial charge in [-0.25, -0.2) is 4.99 Å². The maximum Gasteiger partial charge on any atom is 0.269 e. The fourth-order valence-corrected chi connectivity index (χ4v) is 2.23. The molecule has 8 heteroatoms. The molecular weight excluding hydrogens is 447 g/mol. The molecule has 0 aliphatic carbocycles. The molecule has 2 aromatic rings. The quantitative estimate of drug-likeness (QED) is 0.142. The average Bonchev–Trinajstić information content (AvgIpc) is 3.14. The van der Waals surface area contributed by atoms with Crippen LogP contribution in [0.15, 0.2) is 52.1 Å². The molecule has 1 aromatic heterocycles. The first kappa shape index (κ1) is 21.9. The number of rotatable bonds is 9. The number of benzene rings is 1. The molecule has 1 heterocycles. The first-order chi connectivity index (χ1) is 12.2. The van der Waals surface area contributed by atoms with Crippen molar-refractivity contribution >= 4 is 35.6 Å². The van der Waals surface area contributed by atoms with Crippen LogP contribution >= 0.6 is 24.0 Å². The van der Waals surface area contributed by atoms with Crippen LogP contribution in [0.25, 0.3) is 0 Å². The predicted octanol–water partition coefficient (Wildman–Crippen LogP) is 4.23. The van der Waals surface area contributed by atoms with Gasteiger partial charge in [0.1, 0.15) is 5.76 Å². The Balaban J connectivity index is 0.00000338. The van der Waals surface area contributed by atoms with Gasteiger partial charge in [-0.2, -0.15) is 0 Å². The monoisotopic (exact) mass is 472 g/mol. The zero-order valence-electron chi connectivity index (χ0n) is 14.8. The molecule has 0 saturated heterocycles. The van der Waals surface area contributed by atoms with E-state index < -0.39 is 4.92 Å². The van der Waals surface area contributed by atoms with Gasteiger partial charge in [-0.3, -0.25) is 10.1 Å². The second-order valence-electron chi connectivity index (χ2n) is 5.66. The molecule has 0 fully saturated rings. The van der Waals surface area contributed by atoms with Crippen LogP contribution in [0.4, 0.5) is 5.69 Å². The summed E-state index contributed by atoms with van der Waals surface area (Å²) in [4.78, 5) is 14.8. The standard InChI is InChI=1S/C18H24N4O3.HI/c1-2-3-4-11-19-18(21-14-17-6-5-12-25-17)20-13-15-7-9-16(10-8-15)22(23)24;/h5-10,12H,2-4,11,13-14H2,1H3,(H2,19,20,21);1H. The highest BCUT2D eigenvalue weighted by atomic mass is 127. The van der Waals surface area contributed by atoms with Gasteiger partial charge in [-0.1, -0.05) is 31.9 Å². The van der Waals surface area contributed by atoms with Crippen molar-refractivity contribution in [3.63, 3.8) is 0 Å². The highest BCUT2D eigenvalue weighted by molar-refractivity contribution is 14.0. The minimum absolute atomic E-state index is 0. The van der Waals surface area contributed by atoms with Crippen LogP contribution in [0.1, 0.15) is 37.5 Å². The van der Waals surface area contributed by atoms with E-state index >= 15 is 0 Å². The number of hydrogen-bond donors (Lipinski definition) is 2. The summed E-state index contributed by atoms with van der Waals surface area (Å²) in [5.41, 5.74) is 1.000. The van der Waals surface area contributed by atoms with E-state index in [1.165, 1.54) is 18.6 Å². The molecule has 0 saturated carbocycles. The lowest BCUT2D eigenvalue weighted by molar-refractivity contribution is -0.384. The summed E-state index contributed by atoms with van der Waals surface area (Å²) < 4.78 is 5.32. The lowest BCUT2D eigenvalue weighted by Gasteiger charge is -2.11. The molecule has 142 valence electrons. The van der Waals surface area contributed by atoms with E-state index in [9.17, 15) is 10.1 Å². The van der Waals surface area contributed by atoms with Crippen molar-refractivity contribution < 1.29 is 9.34 Å². The van der Waals surface area contributed by atoms with Crippen LogP contribution in [0.2, 0.25) is 0 Å². The third-order valence-electron chi connectivity index (χ3n) is 3.65. The van der Waals surface area contributed by atoms with Crippen molar-refractivity contribution in [3.8, 4) is 0 Å². The second-order valence-corrected chi connectivity index (χ2v) is 5.66. The van der Waals surface area contributed by atoms with Crippen molar-refractivity contribution in [2.45, 2.75) is 39.3 Å². The summed E-state index contributed by atoms with van der Waals surface area (Å²) in [5, 5.41) is 17.2. The van der Waals surface area contributed by atoms with E-state index in [1.54, 1.807) is 18.4 Å². The first-order valence-electron chi connectivity index (χ1n) is 8.47. The number of guanidine groups is 1. The van der Waals surface area contributed by atoms with Gasteiger partial charge in [-0.15, -0.1) is 24.0 Å². The van der Waals surface area contributed by atoms with E-state index in [2.05, 4.69) is 22.5 Å². The van der Waals surface area contributed by atoms with Crippen LogP contribution in [0.3, 0.4) is 0 Å². The summed E-state index contributed by atoms with van der Waals surface area (Å²) in [6.45, 7) is 4.00. The maximum absolute atomic E-state index is 10.7. The Bertz CT molecular complexity index is 672. The molecule has 0 amide bonds. The Morgan fingerprint density at radius 3 is 2.58 bits per heavy atom. The number of hydrogen-bond acceptors (Lipinski definition) is 4. The molecule has 0 aliphatic rings. The third kappa shape index (κ3) is 7.85. The number of halogens is 1. The smallest absolute Gasteiger partial charge is 0.269 e. The van der Waals surface area contributed by atoms with E-state index in [0.29, 0.717) is 19.0 Å². The van der Waals surface area contributed by atoms with Crippen molar-refractivity contribution in [3.05, 3.63) is 64.1 Å². The summed E-state index contributed by atoms with van der Waals surface area (Å²) >= 11 is 0. The highest BCUT2D eigenvalue weighted by Crippen LogP contribution is 2.12. The molecule has 0 unspecified atom stereocenters. The van der Waals surface area contributed by atoms with Gasteiger partial charge < -0.3 is 15.1 Å². The van der Waals surface area contributed by atoms with Gasteiger partial charge in [0.25, 0.3) is 5.69 Å². The highest BCUT2D eigenvalue weighted by Gasteiger charge is 2.04. The van der Waals surface area contributed by atoms with Crippen molar-refractivity contribution in [1.82, 2.24) is 10.6 Å². The number of nitro benzene ring substituents is 1. The van der Waals surface area contributed by atoms with Crippen LogP contribution in [0.5, 0.6) is 0 Å². The van der Waals surface area contributed by atoms with Gasteiger partial charge in [0, 0.05) is 18.7 Å². The van der Waals surface area contributed by atoms with Gasteiger partial charge >= 0.3 is 0 Å². The fraction of sp³-hybridized carbons (Fsp3) is 0.389. The Hall–Kier alpha value is -2.10. The van der Waals surface area contributed by atoms with Gasteiger partial charge in [0.05, 0.1) is 24.3 Å². The number of unbranched alkanes of at least 4 members (excludes halogenated alkanes) is 2. The number of nitrogens with one attached hydrogen (secondary N) is 2. The van der Waals surface area contributed by atoms with Gasteiger partial charge in [0.15, 0.2) is 5.96 Å². The van der Waals surface area contributed by atoms with Crippen LogP contribution in [0, 0.1) is 10.1 Å². The molecule has 2 N–H and O–H groups in total. The summed E-state index contributed by atoms with van der Waals surface area (Å²) in [6.07, 6.45) is 5.05. The largest absolute Gasteiger partial charge is 0.467 e. The zero-order chi connectivity index (χ0) is 17.9. The number of non-ortho nitro benzene ring substituents is 1. The number of furan rings is 1. The van der Waals surface area contributed by atoms with Crippen molar-refractivity contribution in [2.24, 2.45) is 4.99 Å². The van der Waals surface area contributed by atoms with E-state index in [0.717, 1.165) is 30.7 Å². The Kier molecular flexibility index (Phi) is 10.4. The van der Waals surface area contributed by atoms with E-state index in [4.69, 9.17) is 4.42 Å². The summed E-state index contributed by atoms with van der Waals surface area (Å²) in [5.74, 6) is 1.53. The molecule has 0 spiro atoms. The Morgan fingerprint density at radius 2 is 1.96 bits per heavy atom. The summed E-state index contributed by atoms with van der Waals surface area (Å²) in [6, 6.07) is 10.2. The molecular formula is C18H25IN4O3. The zero-order valence-corrected chi connectivity index (χ0v) is 17.1. The van der Waals surface area contributed by atoms with Gasteiger partial charge in [0.2, 0.25) is 0 Å². The molecule has 2 rings (SSSR count). The minimum Gasteiger partial charge on any atom is -0.467 e.